The van der Waals surface area contributed by atoms with Crippen molar-refractivity contribution in [3.8, 4) is 0 Å². The van der Waals surface area contributed by atoms with Gasteiger partial charge in [-0.05, 0) is 19.4 Å². The topological polar surface area (TPSA) is 86.9 Å². The Morgan fingerprint density at radius 1 is 1.56 bits per heavy atom. The Morgan fingerprint density at radius 3 is 3.06 bits per heavy atom. The van der Waals surface area contributed by atoms with Crippen LogP contribution in [0.25, 0.3) is 0 Å². The Bertz CT molecular complexity index is 409. The number of nitrogens with one attached hydrogen (secondary N) is 3. The molecule has 90 valence electrons. The molecule has 0 spiro atoms. The molecule has 2 rings (SSSR count). The van der Waals surface area contributed by atoms with Crippen LogP contribution in [0, 0.1) is 0 Å². The summed E-state index contributed by atoms with van der Waals surface area (Å²) in [5.41, 5.74) is 0.840. The molecule has 3 N–H and O–H groups in total. The molecule has 0 aromatic carbocycles. The molecule has 1 aromatic rings. The van der Waals surface area contributed by atoms with Crippen LogP contribution in [-0.2, 0) is 16.6 Å². The highest BCUT2D eigenvalue weighted by Gasteiger charge is 2.26. The Hall–Kier alpha value is -0.920. The smallest absolute Gasteiger partial charge is 0.216 e. The lowest BCUT2D eigenvalue weighted by Gasteiger charge is -2.22. The molecular formula is C9H16N4O2S. The van der Waals surface area contributed by atoms with Gasteiger partial charge in [0.05, 0.1) is 11.4 Å². The SMILES string of the molecule is O=S(=O)(NCc1cn[nH]c1)C1CCCNC1. The monoisotopic (exact) mass is 244 g/mol. The zero-order valence-electron chi connectivity index (χ0n) is 8.94. The first-order chi connectivity index (χ1) is 7.68. The van der Waals surface area contributed by atoms with Crippen LogP contribution in [0.5, 0.6) is 0 Å². The van der Waals surface area contributed by atoms with Crippen molar-refractivity contribution in [3.05, 3.63) is 18.0 Å². The minimum Gasteiger partial charge on any atom is -0.315 e. The Balaban J connectivity index is 1.91. The molecule has 0 amide bonds. The fourth-order valence-electron chi connectivity index (χ4n) is 1.76. The number of aromatic nitrogens is 2. The third kappa shape index (κ3) is 2.81. The van der Waals surface area contributed by atoms with E-state index in [1.165, 1.54) is 0 Å². The predicted octanol–water partition coefficient (Wildman–Crippen LogP) is -0.419. The molecule has 2 heterocycles. The Labute approximate surface area is 94.9 Å². The largest absolute Gasteiger partial charge is 0.315 e. The maximum Gasteiger partial charge on any atom is 0.216 e. The molecule has 1 fully saturated rings. The molecular weight excluding hydrogens is 228 g/mol. The number of rotatable bonds is 4. The van der Waals surface area contributed by atoms with E-state index in [9.17, 15) is 8.42 Å². The normalized spacial score (nSPS) is 22.1. The second-order valence-corrected chi connectivity index (χ2v) is 5.99. The quantitative estimate of drug-likeness (QED) is 0.671. The van der Waals surface area contributed by atoms with Crippen LogP contribution in [0.3, 0.4) is 0 Å². The van der Waals surface area contributed by atoms with Crippen molar-refractivity contribution in [2.75, 3.05) is 13.1 Å². The first-order valence-corrected chi connectivity index (χ1v) is 6.90. The number of sulfonamides is 1. The average molecular weight is 244 g/mol. The zero-order chi connectivity index (χ0) is 11.4. The molecule has 1 atom stereocenters. The van der Waals surface area contributed by atoms with Gasteiger partial charge in [-0.3, -0.25) is 5.10 Å². The summed E-state index contributed by atoms with van der Waals surface area (Å²) < 4.78 is 26.4. The van der Waals surface area contributed by atoms with Gasteiger partial charge in [-0.15, -0.1) is 0 Å². The first-order valence-electron chi connectivity index (χ1n) is 5.35. The number of H-pyrrole nitrogens is 1. The lowest BCUT2D eigenvalue weighted by Crippen LogP contribution is -2.43. The standard InChI is InChI=1S/C9H16N4O2S/c14-16(15,9-2-1-3-10-7-9)13-6-8-4-11-12-5-8/h4-5,9-10,13H,1-3,6-7H2,(H,11,12). The fraction of sp³-hybridized carbons (Fsp3) is 0.667. The Kier molecular flexibility index (Phi) is 3.57. The van der Waals surface area contributed by atoms with E-state index in [0.29, 0.717) is 13.1 Å². The molecule has 0 radical (unpaired) electrons. The molecule has 1 unspecified atom stereocenters. The van der Waals surface area contributed by atoms with Crippen LogP contribution in [0.4, 0.5) is 0 Å². The van der Waals surface area contributed by atoms with Gasteiger partial charge < -0.3 is 5.32 Å². The summed E-state index contributed by atoms with van der Waals surface area (Å²) in [7, 11) is -3.21. The van der Waals surface area contributed by atoms with Crippen molar-refractivity contribution < 1.29 is 8.42 Å². The molecule has 1 aliphatic rings. The van der Waals surface area contributed by atoms with E-state index >= 15 is 0 Å². The highest BCUT2D eigenvalue weighted by molar-refractivity contribution is 7.90. The van der Waals surface area contributed by atoms with Crippen molar-refractivity contribution >= 4 is 10.0 Å². The highest BCUT2D eigenvalue weighted by atomic mass is 32.2. The summed E-state index contributed by atoms with van der Waals surface area (Å²) >= 11 is 0. The van der Waals surface area contributed by atoms with Crippen LogP contribution >= 0.6 is 0 Å². The number of aromatic amines is 1. The van der Waals surface area contributed by atoms with Gasteiger partial charge >= 0.3 is 0 Å². The third-order valence-electron chi connectivity index (χ3n) is 2.72. The van der Waals surface area contributed by atoms with E-state index in [-0.39, 0.29) is 5.25 Å². The highest BCUT2D eigenvalue weighted by Crippen LogP contribution is 2.10. The van der Waals surface area contributed by atoms with E-state index in [1.807, 2.05) is 0 Å². The van der Waals surface area contributed by atoms with Crippen LogP contribution in [-0.4, -0.2) is 37.0 Å². The van der Waals surface area contributed by atoms with Gasteiger partial charge in [0, 0.05) is 24.8 Å². The van der Waals surface area contributed by atoms with Crippen LogP contribution < -0.4 is 10.0 Å². The minimum atomic E-state index is -3.21. The molecule has 1 aromatic heterocycles. The molecule has 0 saturated carbocycles. The molecule has 0 bridgehead atoms. The number of piperidine rings is 1. The lowest BCUT2D eigenvalue weighted by molar-refractivity contribution is 0.490. The van der Waals surface area contributed by atoms with E-state index in [4.69, 9.17) is 0 Å². The van der Waals surface area contributed by atoms with Crippen LogP contribution in [0.2, 0.25) is 0 Å². The fourth-order valence-corrected chi connectivity index (χ4v) is 3.18. The van der Waals surface area contributed by atoms with Crippen molar-refractivity contribution in [1.29, 1.82) is 0 Å². The number of nitrogens with zero attached hydrogens (tertiary/aromatic N) is 1. The molecule has 1 aliphatic heterocycles. The molecule has 0 aliphatic carbocycles. The summed E-state index contributed by atoms with van der Waals surface area (Å²) in [4.78, 5) is 0. The zero-order valence-corrected chi connectivity index (χ0v) is 9.76. The van der Waals surface area contributed by atoms with Crippen LogP contribution in [0.15, 0.2) is 12.4 Å². The number of hydrogen-bond donors (Lipinski definition) is 3. The predicted molar refractivity (Wildman–Crippen MR) is 60.2 cm³/mol. The average Bonchev–Trinajstić information content (AvgIpc) is 2.81. The van der Waals surface area contributed by atoms with Gasteiger partial charge in [0.25, 0.3) is 0 Å². The van der Waals surface area contributed by atoms with Crippen molar-refractivity contribution in [2.24, 2.45) is 0 Å². The maximum atomic E-state index is 11.9. The molecule has 16 heavy (non-hydrogen) atoms. The van der Waals surface area contributed by atoms with Gasteiger partial charge in [0.15, 0.2) is 0 Å². The molecule has 1 saturated heterocycles. The lowest BCUT2D eigenvalue weighted by atomic mass is 10.2. The maximum absolute atomic E-state index is 11.9. The number of hydrogen-bond acceptors (Lipinski definition) is 4. The molecule has 6 nitrogen and oxygen atoms in total. The van der Waals surface area contributed by atoms with Gasteiger partial charge in [0.1, 0.15) is 0 Å². The first kappa shape index (κ1) is 11.6. The van der Waals surface area contributed by atoms with Gasteiger partial charge in [0.2, 0.25) is 10.0 Å². The summed E-state index contributed by atoms with van der Waals surface area (Å²) in [5, 5.41) is 9.20. The van der Waals surface area contributed by atoms with Crippen molar-refractivity contribution in [2.45, 2.75) is 24.6 Å². The van der Waals surface area contributed by atoms with Gasteiger partial charge in [-0.2, -0.15) is 5.10 Å². The van der Waals surface area contributed by atoms with E-state index in [2.05, 4.69) is 20.2 Å². The minimum absolute atomic E-state index is 0.301. The second kappa shape index (κ2) is 4.94. The van der Waals surface area contributed by atoms with E-state index in [0.717, 1.165) is 24.9 Å². The Morgan fingerprint density at radius 2 is 2.44 bits per heavy atom. The summed E-state index contributed by atoms with van der Waals surface area (Å²) in [6.45, 7) is 1.75. The van der Waals surface area contributed by atoms with E-state index in [1.54, 1.807) is 12.4 Å². The summed E-state index contributed by atoms with van der Waals surface area (Å²) in [6.07, 6.45) is 4.94. The van der Waals surface area contributed by atoms with Gasteiger partial charge in [-0.25, -0.2) is 13.1 Å². The van der Waals surface area contributed by atoms with E-state index < -0.39 is 10.0 Å². The summed E-state index contributed by atoms with van der Waals surface area (Å²) in [6, 6.07) is 0. The molecule has 7 heteroatoms. The van der Waals surface area contributed by atoms with Crippen molar-refractivity contribution in [1.82, 2.24) is 20.2 Å². The third-order valence-corrected chi connectivity index (χ3v) is 4.55. The summed E-state index contributed by atoms with van der Waals surface area (Å²) in [5.74, 6) is 0. The second-order valence-electron chi connectivity index (χ2n) is 3.94. The van der Waals surface area contributed by atoms with Crippen molar-refractivity contribution in [3.63, 3.8) is 0 Å². The van der Waals surface area contributed by atoms with Gasteiger partial charge in [-0.1, -0.05) is 0 Å². The van der Waals surface area contributed by atoms with Crippen LogP contribution in [0.1, 0.15) is 18.4 Å².